The fraction of sp³-hybridized carbons (Fsp3) is 0.240. The van der Waals surface area contributed by atoms with Gasteiger partial charge in [0.2, 0.25) is 5.91 Å². The maximum Gasteiger partial charge on any atom is 0.139 e. The van der Waals surface area contributed by atoms with Crippen molar-refractivity contribution in [3.05, 3.63) is 70.9 Å². The fourth-order valence-electron chi connectivity index (χ4n) is 4.77. The molecule has 8 heteroatoms. The van der Waals surface area contributed by atoms with Crippen LogP contribution >= 0.6 is 0 Å². The number of hydrogen-bond donors (Lipinski definition) is 2. The molecule has 2 amide bonds. The number of hydrogen-bond acceptors (Lipinski definition) is 4. The molecule has 2 aromatic carbocycles. The molecule has 2 aliphatic rings. The normalized spacial score (nSPS) is 16.9. The zero-order valence-electron chi connectivity index (χ0n) is 18.9. The second-order valence-corrected chi connectivity index (χ2v) is 16.6. The molecule has 0 unspecified atom stereocenters. The van der Waals surface area contributed by atoms with Crippen LogP contribution in [0.1, 0.15) is 39.9 Å². The number of rotatable bonds is 4. The third-order valence-corrected chi connectivity index (χ3v) is 10.1. The van der Waals surface area contributed by atoms with Crippen LogP contribution in [0.5, 0.6) is 11.5 Å². The van der Waals surface area contributed by atoms with Crippen molar-refractivity contribution in [3.63, 3.8) is 0 Å². The van der Waals surface area contributed by atoms with Gasteiger partial charge in [-0.25, -0.2) is 4.98 Å². The van der Waals surface area contributed by atoms with Gasteiger partial charge in [-0.15, -0.1) is 0 Å². The Morgan fingerprint density at radius 1 is 1.12 bits per heavy atom. The zero-order valence-corrected chi connectivity index (χ0v) is 32.0. The first-order valence-electron chi connectivity index (χ1n) is 11.4. The van der Waals surface area contributed by atoms with Crippen LogP contribution in [0.25, 0.3) is 0 Å². The van der Waals surface area contributed by atoms with Crippen molar-refractivity contribution in [2.45, 2.75) is 38.1 Å². The second-order valence-electron chi connectivity index (χ2n) is 9.01. The fourth-order valence-corrected chi connectivity index (χ4v) is 15.6. The van der Waals surface area contributed by atoms with E-state index in [0.29, 0.717) is 74.2 Å². The van der Waals surface area contributed by atoms with E-state index in [1.54, 1.807) is 6.20 Å². The molecule has 0 radical (unpaired) electrons. The predicted octanol–water partition coefficient (Wildman–Crippen LogP) is 1.75. The molecule has 0 fully saturated rings. The largest absolute Gasteiger partial charge is 0.310 e. The van der Waals surface area contributed by atoms with Gasteiger partial charge in [0.15, 0.2) is 0 Å². The van der Waals surface area contributed by atoms with Crippen molar-refractivity contribution in [2.75, 3.05) is 5.32 Å². The van der Waals surface area contributed by atoms with E-state index in [2.05, 4.69) is 45.9 Å². The van der Waals surface area contributed by atoms with Gasteiger partial charge in [0.05, 0.1) is 0 Å². The Morgan fingerprint density at radius 3 is 2.85 bits per heavy atom. The van der Waals surface area contributed by atoms with E-state index in [4.69, 9.17) is 4.74 Å². The smallest absolute Gasteiger partial charge is 0.139 e. The van der Waals surface area contributed by atoms with Gasteiger partial charge in [-0.3, -0.25) is 4.79 Å². The van der Waals surface area contributed by atoms with Crippen molar-refractivity contribution in [1.82, 2.24) is 10.3 Å². The number of nitrogens with zero attached hydrogens (tertiary/aromatic N) is 1. The Balaban J connectivity index is 1.31. The Labute approximate surface area is 261 Å². The van der Waals surface area contributed by atoms with Crippen molar-refractivity contribution >= 4 is 72.4 Å². The molecule has 1 aliphatic carbocycles. The molecule has 1 aromatic heterocycles. The van der Waals surface area contributed by atoms with Gasteiger partial charge in [-0.05, 0) is 12.5 Å². The number of nitrogens with one attached hydrogen (secondary N) is 2. The van der Waals surface area contributed by atoms with Gasteiger partial charge in [0.25, 0.3) is 0 Å². The zero-order chi connectivity index (χ0) is 22.9. The summed E-state index contributed by atoms with van der Waals surface area (Å²) in [6.07, 6.45) is 5.40. The molecule has 0 saturated carbocycles. The summed E-state index contributed by atoms with van der Waals surface area (Å²) in [5.41, 5.74) is 4.29. The summed E-state index contributed by atoms with van der Waals surface area (Å²) in [7, 11) is 0. The first-order valence-corrected chi connectivity index (χ1v) is 18.0. The van der Waals surface area contributed by atoms with Crippen LogP contribution in [0.3, 0.4) is 0 Å². The third kappa shape index (κ3) is 5.88. The molecule has 0 saturated heterocycles. The molecule has 6 nitrogen and oxygen atoms in total. The number of aromatic nitrogens is 1. The van der Waals surface area contributed by atoms with Gasteiger partial charge < -0.3 is 5.32 Å². The van der Waals surface area contributed by atoms with Gasteiger partial charge >= 0.3 is 208 Å². The van der Waals surface area contributed by atoms with Crippen LogP contribution in [0.15, 0.2) is 48.7 Å². The van der Waals surface area contributed by atoms with Crippen LogP contribution in [0.4, 0.5) is 5.82 Å². The molecule has 1 atom stereocenters. The maximum atomic E-state index is 12.9. The SMILES string of the molecule is O=C1CCc2c(Oc3ccc4c(c3)C[C@H](NC(=O)c3c[c]([Rb])c[c]([RaH])c3)CC4)ccnc2N1. The number of benzene rings is 2. The number of amides is 2. The minimum Gasteiger partial charge on any atom is -0.310 e. The van der Waals surface area contributed by atoms with Crippen molar-refractivity contribution < 1.29 is 57.1 Å². The van der Waals surface area contributed by atoms with E-state index in [1.165, 1.54) is 10.4 Å². The number of aryl methyl sites for hydroxylation is 1. The van der Waals surface area contributed by atoms with Crippen LogP contribution < -0.4 is 14.6 Å². The minimum absolute atomic E-state index is 0.0126. The van der Waals surface area contributed by atoms with E-state index >= 15 is 0 Å². The monoisotopic (exact) mass is 723 g/mol. The Hall–Kier alpha value is -0.397. The van der Waals surface area contributed by atoms with Crippen LogP contribution in [0, 0.1) is 42.8 Å². The van der Waals surface area contributed by atoms with E-state index in [0.717, 1.165) is 41.9 Å². The van der Waals surface area contributed by atoms with E-state index in [1.807, 2.05) is 12.1 Å². The van der Waals surface area contributed by atoms with Gasteiger partial charge in [0.1, 0.15) is 5.82 Å². The Bertz CT molecular complexity index is 1240. The minimum atomic E-state index is -0.0126. The van der Waals surface area contributed by atoms with Gasteiger partial charge in [-0.1, -0.05) is 0 Å². The molecule has 33 heavy (non-hydrogen) atoms. The number of carbonyl (C=O) groups is 2. The topological polar surface area (TPSA) is 80.3 Å². The van der Waals surface area contributed by atoms with Crippen LogP contribution in [0.2, 0.25) is 0 Å². The van der Waals surface area contributed by atoms with Crippen molar-refractivity contribution in [1.29, 1.82) is 0 Å². The first-order chi connectivity index (χ1) is 15.9. The third-order valence-electron chi connectivity index (χ3n) is 6.33. The standard InChI is InChI=1S/C25H21N3O3.Ra.Rb.H/c29-23-11-10-21-22(12-13-26-24(21)28-23)31-20-9-7-16-6-8-19(14-18(16)15-20)27-25(30)17-4-2-1-3-5-17;;;/h1,4-5,7,9,12-13,15,19H,6,8,10-11,14H2,(H,27,30)(H,26,28,29);;;/t19-;;;/m1.../s1. The molecular formula is C25H22N3O3RaRb. The molecule has 5 rings (SSSR count). The number of carbonyl (C=O) groups excluding carboxylic acids is 2. The number of pyridine rings is 1. The quantitative estimate of drug-likeness (QED) is 0.431. The van der Waals surface area contributed by atoms with E-state index < -0.39 is 0 Å². The summed E-state index contributed by atoms with van der Waals surface area (Å²) < 4.78 is 8.96. The molecule has 1 aliphatic heterocycles. The molecule has 0 spiro atoms. The average Bonchev–Trinajstić information content (AvgIpc) is 2.78. The predicted molar refractivity (Wildman–Crippen MR) is 124 cm³/mol. The maximum absolute atomic E-state index is 12.9. The first kappa shape index (κ1) is 24.3. The van der Waals surface area contributed by atoms with Gasteiger partial charge in [0, 0.05) is 18.2 Å². The van der Waals surface area contributed by atoms with E-state index in [-0.39, 0.29) is 60.6 Å². The summed E-state index contributed by atoms with van der Waals surface area (Å²) in [4.78, 5) is 28.8. The van der Waals surface area contributed by atoms with Gasteiger partial charge in [-0.2, -0.15) is 0 Å². The molecular weight excluding hydrogens is 702 g/mol. The van der Waals surface area contributed by atoms with Crippen molar-refractivity contribution in [2.24, 2.45) is 0 Å². The molecule has 0 bridgehead atoms. The molecule has 3 aromatic rings. The second kappa shape index (κ2) is 10.7. The van der Waals surface area contributed by atoms with Crippen LogP contribution in [-0.4, -0.2) is 78.4 Å². The van der Waals surface area contributed by atoms with Crippen molar-refractivity contribution in [3.8, 4) is 11.5 Å². The molecule has 158 valence electrons. The summed E-state index contributed by atoms with van der Waals surface area (Å²) in [5, 5.41) is 6.08. The van der Waals surface area contributed by atoms with E-state index in [9.17, 15) is 9.59 Å². The number of fused-ring (bicyclic) bond motifs is 2. The molecule has 2 N–H and O–H groups in total. The Kier molecular flexibility index (Phi) is 7.88. The Morgan fingerprint density at radius 2 is 2.00 bits per heavy atom. The number of ether oxygens (including phenoxy) is 1. The summed E-state index contributed by atoms with van der Waals surface area (Å²) >= 11 is 0.666. The average molecular weight is 724 g/mol. The summed E-state index contributed by atoms with van der Waals surface area (Å²) in [5.74, 6) is 2.12. The summed E-state index contributed by atoms with van der Waals surface area (Å²) in [6.45, 7) is 0. The number of anilines is 1. The summed E-state index contributed by atoms with van der Waals surface area (Å²) in [6, 6.07) is 14.6. The molecule has 2 heterocycles. The van der Waals surface area contributed by atoms with Crippen LogP contribution in [-0.2, 0) is 24.1 Å².